The summed E-state index contributed by atoms with van der Waals surface area (Å²) >= 11 is 0. The van der Waals surface area contributed by atoms with Gasteiger partial charge in [-0.3, -0.25) is 10.1 Å². The van der Waals surface area contributed by atoms with E-state index in [0.717, 1.165) is 24.3 Å². The molecular weight excluding hydrogens is 177 g/mol. The lowest BCUT2D eigenvalue weighted by Crippen LogP contribution is -1.92. The number of hydrogen-bond acceptors (Lipinski definition) is 3. The second-order valence-corrected chi connectivity index (χ2v) is 2.22. The van der Waals surface area contributed by atoms with Crippen LogP contribution in [-0.4, -0.2) is 10.9 Å². The van der Waals surface area contributed by atoms with Gasteiger partial charge in [0, 0.05) is 12.1 Å². The average Bonchev–Trinajstić information content (AvgIpc) is 2.04. The number of nitrogens with zero attached hydrogens (tertiary/aromatic N) is 1. The van der Waals surface area contributed by atoms with Crippen molar-refractivity contribution >= 4 is 17.7 Å². The Balaban J connectivity index is 3.34. The van der Waals surface area contributed by atoms with Crippen molar-refractivity contribution in [2.24, 2.45) is 0 Å². The Hall–Kier alpha value is -2.00. The van der Waals surface area contributed by atoms with Crippen LogP contribution in [0.25, 0.3) is 6.08 Å². The standard InChI is InChI=1S/C8H4FNO3/c9-7-1-2-8(10(12)13)6(5-7)3-4-11/h1-3,5H. The molecule has 0 heterocycles. The minimum atomic E-state index is -0.692. The summed E-state index contributed by atoms with van der Waals surface area (Å²) in [6.07, 6.45) is 0.821. The lowest BCUT2D eigenvalue weighted by molar-refractivity contribution is -0.385. The second kappa shape index (κ2) is 3.60. The van der Waals surface area contributed by atoms with Crippen LogP contribution >= 0.6 is 0 Å². The van der Waals surface area contributed by atoms with Gasteiger partial charge in [0.1, 0.15) is 11.8 Å². The average molecular weight is 181 g/mol. The predicted octanol–water partition coefficient (Wildman–Crippen LogP) is 1.58. The molecule has 1 aromatic carbocycles. The number of benzene rings is 1. The van der Waals surface area contributed by atoms with Crippen molar-refractivity contribution in [3.63, 3.8) is 0 Å². The first-order valence-electron chi connectivity index (χ1n) is 3.30. The van der Waals surface area contributed by atoms with E-state index >= 15 is 0 Å². The summed E-state index contributed by atoms with van der Waals surface area (Å²) in [6.45, 7) is 0. The van der Waals surface area contributed by atoms with Crippen LogP contribution in [0.5, 0.6) is 0 Å². The SMILES string of the molecule is O=C=Cc1cc(F)ccc1[N+](=O)[O-]. The Labute approximate surface area is 72.5 Å². The number of hydrogen-bond donors (Lipinski definition) is 0. The van der Waals surface area contributed by atoms with E-state index in [0.29, 0.717) is 0 Å². The molecule has 0 fully saturated rings. The Morgan fingerprint density at radius 3 is 2.77 bits per heavy atom. The fourth-order valence-electron chi connectivity index (χ4n) is 0.871. The van der Waals surface area contributed by atoms with Crippen molar-refractivity contribution in [3.8, 4) is 0 Å². The predicted molar refractivity (Wildman–Crippen MR) is 43.2 cm³/mol. The van der Waals surface area contributed by atoms with Crippen LogP contribution < -0.4 is 0 Å². The zero-order valence-electron chi connectivity index (χ0n) is 6.36. The molecule has 0 aliphatic rings. The topological polar surface area (TPSA) is 60.2 Å². The monoisotopic (exact) mass is 181 g/mol. The summed E-state index contributed by atoms with van der Waals surface area (Å²) in [5.41, 5.74) is -0.398. The highest BCUT2D eigenvalue weighted by atomic mass is 19.1. The molecule has 1 aromatic rings. The summed E-state index contributed by atoms with van der Waals surface area (Å²) in [7, 11) is 0. The van der Waals surface area contributed by atoms with Crippen molar-refractivity contribution in [3.05, 3.63) is 39.7 Å². The van der Waals surface area contributed by atoms with Crippen LogP contribution in [-0.2, 0) is 4.79 Å². The summed E-state index contributed by atoms with van der Waals surface area (Å²) in [5.74, 6) is 0.728. The van der Waals surface area contributed by atoms with Crippen molar-refractivity contribution < 1.29 is 14.1 Å². The molecule has 0 atom stereocenters. The highest BCUT2D eigenvalue weighted by Gasteiger charge is 2.11. The number of halogens is 1. The Morgan fingerprint density at radius 2 is 2.23 bits per heavy atom. The van der Waals surface area contributed by atoms with E-state index in [4.69, 9.17) is 0 Å². The van der Waals surface area contributed by atoms with E-state index in [1.54, 1.807) is 0 Å². The van der Waals surface area contributed by atoms with Crippen LogP contribution in [0, 0.1) is 15.9 Å². The van der Waals surface area contributed by atoms with Crippen LogP contribution in [0.3, 0.4) is 0 Å². The Morgan fingerprint density at radius 1 is 1.54 bits per heavy atom. The van der Waals surface area contributed by atoms with Crippen LogP contribution in [0.2, 0.25) is 0 Å². The van der Waals surface area contributed by atoms with Gasteiger partial charge in [-0.15, -0.1) is 0 Å². The normalized spacial score (nSPS) is 9.00. The van der Waals surface area contributed by atoms with Gasteiger partial charge >= 0.3 is 0 Å². The number of nitro benzene ring substituents is 1. The van der Waals surface area contributed by atoms with Gasteiger partial charge in [-0.05, 0) is 12.1 Å². The smallest absolute Gasteiger partial charge is 0.258 e. The van der Waals surface area contributed by atoms with Crippen LogP contribution in [0.1, 0.15) is 5.56 Å². The van der Waals surface area contributed by atoms with Gasteiger partial charge in [0.2, 0.25) is 0 Å². The first kappa shape index (κ1) is 9.09. The second-order valence-electron chi connectivity index (χ2n) is 2.22. The van der Waals surface area contributed by atoms with Gasteiger partial charge in [-0.25, -0.2) is 9.18 Å². The van der Waals surface area contributed by atoms with Crippen molar-refractivity contribution in [2.45, 2.75) is 0 Å². The summed E-state index contributed by atoms with van der Waals surface area (Å²) in [5, 5.41) is 10.3. The number of carbonyl (C=O) groups excluding carboxylic acids is 1. The molecule has 0 saturated heterocycles. The van der Waals surface area contributed by atoms with E-state index in [9.17, 15) is 19.3 Å². The molecule has 66 valence electrons. The molecular formula is C8H4FNO3. The highest BCUT2D eigenvalue weighted by Crippen LogP contribution is 2.19. The minimum absolute atomic E-state index is 0.0833. The molecule has 0 unspecified atom stereocenters. The third-order valence-electron chi connectivity index (χ3n) is 1.40. The fraction of sp³-hybridized carbons (Fsp3) is 0. The first-order chi connectivity index (χ1) is 6.15. The Bertz CT molecular complexity index is 396. The number of rotatable bonds is 2. The zero-order chi connectivity index (χ0) is 9.84. The summed E-state index contributed by atoms with van der Waals surface area (Å²) in [6, 6.07) is 2.86. The maximum Gasteiger partial charge on any atom is 0.277 e. The summed E-state index contributed by atoms with van der Waals surface area (Å²) < 4.78 is 12.6. The van der Waals surface area contributed by atoms with Gasteiger partial charge in [0.25, 0.3) is 5.69 Å². The lowest BCUT2D eigenvalue weighted by Gasteiger charge is -1.95. The maximum atomic E-state index is 12.6. The van der Waals surface area contributed by atoms with Gasteiger partial charge in [-0.1, -0.05) is 0 Å². The number of nitro groups is 1. The Kier molecular flexibility index (Phi) is 2.52. The van der Waals surface area contributed by atoms with Crippen molar-refractivity contribution in [1.29, 1.82) is 0 Å². The van der Waals surface area contributed by atoms with Crippen molar-refractivity contribution in [1.82, 2.24) is 0 Å². The largest absolute Gasteiger partial charge is 0.277 e. The molecule has 0 N–H and O–H groups in total. The maximum absolute atomic E-state index is 12.6. The van der Waals surface area contributed by atoms with E-state index in [1.165, 1.54) is 5.94 Å². The molecule has 4 nitrogen and oxygen atoms in total. The molecule has 0 bridgehead atoms. The minimum Gasteiger partial charge on any atom is -0.258 e. The van der Waals surface area contributed by atoms with Gasteiger partial charge in [-0.2, -0.15) is 0 Å². The van der Waals surface area contributed by atoms with Crippen LogP contribution in [0.15, 0.2) is 18.2 Å². The van der Waals surface area contributed by atoms with Gasteiger partial charge in [0.15, 0.2) is 0 Å². The van der Waals surface area contributed by atoms with Crippen molar-refractivity contribution in [2.75, 3.05) is 0 Å². The first-order valence-corrected chi connectivity index (χ1v) is 3.30. The molecule has 0 aromatic heterocycles. The molecule has 0 amide bonds. The third-order valence-corrected chi connectivity index (χ3v) is 1.40. The molecule has 0 aliphatic carbocycles. The van der Waals surface area contributed by atoms with Gasteiger partial charge in [0.05, 0.1) is 10.5 Å². The third kappa shape index (κ3) is 1.98. The summed E-state index contributed by atoms with van der Waals surface area (Å²) in [4.78, 5) is 19.6. The molecule has 0 aliphatic heterocycles. The van der Waals surface area contributed by atoms with E-state index in [2.05, 4.69) is 0 Å². The van der Waals surface area contributed by atoms with Crippen LogP contribution in [0.4, 0.5) is 10.1 Å². The quantitative estimate of drug-likeness (QED) is 0.395. The van der Waals surface area contributed by atoms with E-state index in [1.807, 2.05) is 0 Å². The molecule has 5 heteroatoms. The molecule has 0 spiro atoms. The highest BCUT2D eigenvalue weighted by molar-refractivity contribution is 5.78. The zero-order valence-corrected chi connectivity index (χ0v) is 6.36. The molecule has 1 rings (SSSR count). The molecule has 0 radical (unpaired) electrons. The fourth-order valence-corrected chi connectivity index (χ4v) is 0.871. The molecule has 0 saturated carbocycles. The van der Waals surface area contributed by atoms with E-state index < -0.39 is 10.7 Å². The van der Waals surface area contributed by atoms with Gasteiger partial charge < -0.3 is 0 Å². The van der Waals surface area contributed by atoms with E-state index in [-0.39, 0.29) is 11.3 Å². The lowest BCUT2D eigenvalue weighted by atomic mass is 10.2. The molecule has 13 heavy (non-hydrogen) atoms.